The fraction of sp³-hybridized carbons (Fsp3) is 0.0652. The van der Waals surface area contributed by atoms with Crippen LogP contribution in [0.15, 0.2) is 164 Å². The Bertz CT molecular complexity index is 2460. The maximum atomic E-state index is 4.96. The summed E-state index contributed by atoms with van der Waals surface area (Å²) in [5.74, 6) is 1.97. The first kappa shape index (κ1) is 29.0. The van der Waals surface area contributed by atoms with Crippen LogP contribution in [0, 0.1) is 0 Å². The van der Waals surface area contributed by atoms with Crippen molar-refractivity contribution in [2.75, 3.05) is 0 Å². The van der Waals surface area contributed by atoms with Gasteiger partial charge in [-0.1, -0.05) is 147 Å². The first-order chi connectivity index (χ1) is 24.0. The van der Waals surface area contributed by atoms with Gasteiger partial charge in [-0.3, -0.25) is 0 Å². The highest BCUT2D eigenvalue weighted by Gasteiger charge is 2.35. The number of hydrogen-bond acceptors (Lipinski definition) is 3. The second kappa shape index (κ2) is 11.5. The second-order valence-electron chi connectivity index (χ2n) is 13.3. The van der Waals surface area contributed by atoms with Crippen LogP contribution in [-0.4, -0.2) is 15.0 Å². The maximum absolute atomic E-state index is 4.96. The average molecular weight is 628 g/mol. The molecule has 0 atom stereocenters. The molecule has 7 aromatic carbocycles. The molecule has 1 heterocycles. The van der Waals surface area contributed by atoms with E-state index < -0.39 is 0 Å². The van der Waals surface area contributed by atoms with Gasteiger partial charge >= 0.3 is 0 Å². The summed E-state index contributed by atoms with van der Waals surface area (Å²) in [4.78, 5) is 14.8. The molecule has 232 valence electrons. The van der Waals surface area contributed by atoms with Gasteiger partial charge in [0.05, 0.1) is 0 Å². The van der Waals surface area contributed by atoms with Crippen LogP contribution >= 0.6 is 0 Å². The zero-order valence-electron chi connectivity index (χ0n) is 27.4. The lowest BCUT2D eigenvalue weighted by Crippen LogP contribution is -2.14. The van der Waals surface area contributed by atoms with Crippen molar-refractivity contribution in [2.45, 2.75) is 19.3 Å². The van der Waals surface area contributed by atoms with Crippen molar-refractivity contribution in [3.05, 3.63) is 175 Å². The van der Waals surface area contributed by atoms with E-state index in [-0.39, 0.29) is 5.41 Å². The molecule has 0 spiro atoms. The topological polar surface area (TPSA) is 38.7 Å². The Morgan fingerprint density at radius 2 is 0.755 bits per heavy atom. The van der Waals surface area contributed by atoms with Crippen LogP contribution in [0.5, 0.6) is 0 Å². The summed E-state index contributed by atoms with van der Waals surface area (Å²) in [6.07, 6.45) is 0. The van der Waals surface area contributed by atoms with Gasteiger partial charge in [0.25, 0.3) is 0 Å². The Balaban J connectivity index is 1.11. The molecule has 0 bridgehead atoms. The van der Waals surface area contributed by atoms with E-state index in [1.54, 1.807) is 0 Å². The zero-order valence-corrected chi connectivity index (χ0v) is 27.4. The maximum Gasteiger partial charge on any atom is 0.164 e. The van der Waals surface area contributed by atoms with Crippen LogP contribution in [0.25, 0.3) is 78.3 Å². The minimum Gasteiger partial charge on any atom is -0.208 e. The Morgan fingerprint density at radius 3 is 1.35 bits per heavy atom. The number of hydrogen-bond donors (Lipinski definition) is 0. The van der Waals surface area contributed by atoms with Crippen molar-refractivity contribution >= 4 is 10.8 Å². The van der Waals surface area contributed by atoms with Gasteiger partial charge in [0.1, 0.15) is 0 Å². The zero-order chi connectivity index (χ0) is 33.0. The van der Waals surface area contributed by atoms with Crippen LogP contribution < -0.4 is 0 Å². The number of rotatable bonds is 5. The van der Waals surface area contributed by atoms with E-state index in [9.17, 15) is 0 Å². The third kappa shape index (κ3) is 5.12. The van der Waals surface area contributed by atoms with Gasteiger partial charge in [0.2, 0.25) is 0 Å². The van der Waals surface area contributed by atoms with Crippen molar-refractivity contribution in [1.29, 1.82) is 0 Å². The van der Waals surface area contributed by atoms with Crippen molar-refractivity contribution in [2.24, 2.45) is 0 Å². The van der Waals surface area contributed by atoms with Gasteiger partial charge in [-0.25, -0.2) is 15.0 Å². The highest BCUT2D eigenvalue weighted by Crippen LogP contribution is 2.51. The van der Waals surface area contributed by atoms with E-state index in [0.717, 1.165) is 27.8 Å². The molecule has 0 fully saturated rings. The summed E-state index contributed by atoms with van der Waals surface area (Å²) in [5.41, 5.74) is 12.9. The van der Waals surface area contributed by atoms with Gasteiger partial charge in [-0.05, 0) is 85.6 Å². The van der Waals surface area contributed by atoms with Crippen LogP contribution in [0.2, 0.25) is 0 Å². The lowest BCUT2D eigenvalue weighted by atomic mass is 9.81. The Hall–Kier alpha value is -6.19. The fourth-order valence-electron chi connectivity index (χ4n) is 7.27. The van der Waals surface area contributed by atoms with Gasteiger partial charge in [-0.15, -0.1) is 0 Å². The summed E-state index contributed by atoms with van der Waals surface area (Å²) in [6, 6.07) is 58.0. The predicted molar refractivity (Wildman–Crippen MR) is 202 cm³/mol. The van der Waals surface area contributed by atoms with Crippen molar-refractivity contribution < 1.29 is 0 Å². The molecule has 3 nitrogen and oxygen atoms in total. The lowest BCUT2D eigenvalue weighted by molar-refractivity contribution is 0.661. The summed E-state index contributed by atoms with van der Waals surface area (Å²) < 4.78 is 0. The van der Waals surface area contributed by atoms with Crippen molar-refractivity contribution in [3.63, 3.8) is 0 Å². The number of benzene rings is 7. The SMILES string of the molecule is CC1(C)c2ccc(-c3cccc(-c4cccc(-c5nc(-c6ccccc6)nc(-c6ccccc6)n5)c4)c3)cc2-c2cc3ccccc3cc21. The third-order valence-electron chi connectivity index (χ3n) is 9.89. The van der Waals surface area contributed by atoms with Gasteiger partial charge in [0.15, 0.2) is 17.5 Å². The largest absolute Gasteiger partial charge is 0.208 e. The van der Waals surface area contributed by atoms with Crippen LogP contribution in [-0.2, 0) is 5.41 Å². The van der Waals surface area contributed by atoms with E-state index >= 15 is 0 Å². The summed E-state index contributed by atoms with van der Waals surface area (Å²) >= 11 is 0. The molecule has 49 heavy (non-hydrogen) atoms. The molecule has 0 amide bonds. The molecular formula is C46H33N3. The molecule has 0 saturated carbocycles. The van der Waals surface area contributed by atoms with Gasteiger partial charge in [-0.2, -0.15) is 0 Å². The second-order valence-corrected chi connectivity index (χ2v) is 13.3. The molecule has 1 aromatic heterocycles. The number of nitrogens with zero attached hydrogens (tertiary/aromatic N) is 3. The third-order valence-corrected chi connectivity index (χ3v) is 9.89. The number of aromatic nitrogens is 3. The van der Waals surface area contributed by atoms with Gasteiger partial charge < -0.3 is 0 Å². The molecule has 0 aliphatic heterocycles. The monoisotopic (exact) mass is 627 g/mol. The summed E-state index contributed by atoms with van der Waals surface area (Å²) in [5, 5.41) is 2.57. The molecule has 9 rings (SSSR count). The number of fused-ring (bicyclic) bond motifs is 4. The molecule has 0 radical (unpaired) electrons. The Morgan fingerprint density at radius 1 is 0.327 bits per heavy atom. The lowest BCUT2D eigenvalue weighted by Gasteiger charge is -2.22. The molecule has 0 N–H and O–H groups in total. The standard InChI is InChI=1S/C46H33N3/c1-46(2)41-24-23-37(28-39(41)40-27-35-17-9-10-18-36(35)29-42(40)46)33-20-11-19-32(25-33)34-21-12-22-38(26-34)45-48-43(30-13-5-3-6-14-30)47-44(49-45)31-15-7-4-8-16-31/h3-29H,1-2H3. The van der Waals surface area contributed by atoms with E-state index in [1.807, 2.05) is 60.7 Å². The molecule has 0 unspecified atom stereocenters. The van der Waals surface area contributed by atoms with E-state index in [1.165, 1.54) is 44.2 Å². The molecule has 1 aliphatic carbocycles. The summed E-state index contributed by atoms with van der Waals surface area (Å²) in [7, 11) is 0. The Labute approximate surface area is 286 Å². The molecule has 8 aromatic rings. The predicted octanol–water partition coefficient (Wildman–Crippen LogP) is 11.7. The average Bonchev–Trinajstić information content (AvgIpc) is 3.39. The molecule has 3 heteroatoms. The van der Waals surface area contributed by atoms with Gasteiger partial charge in [0, 0.05) is 22.1 Å². The molecular weight excluding hydrogens is 595 g/mol. The van der Waals surface area contributed by atoms with Crippen LogP contribution in [0.3, 0.4) is 0 Å². The van der Waals surface area contributed by atoms with E-state index in [4.69, 9.17) is 15.0 Å². The van der Waals surface area contributed by atoms with Crippen LogP contribution in [0.1, 0.15) is 25.0 Å². The van der Waals surface area contributed by atoms with Crippen molar-refractivity contribution in [3.8, 4) is 67.5 Å². The quantitative estimate of drug-likeness (QED) is 0.191. The van der Waals surface area contributed by atoms with Crippen molar-refractivity contribution in [1.82, 2.24) is 15.0 Å². The minimum absolute atomic E-state index is 0.0503. The van der Waals surface area contributed by atoms with Crippen LogP contribution in [0.4, 0.5) is 0 Å². The highest BCUT2D eigenvalue weighted by molar-refractivity contribution is 5.94. The normalized spacial score (nSPS) is 12.9. The Kier molecular flexibility index (Phi) is 6.80. The van der Waals surface area contributed by atoms with E-state index in [0.29, 0.717) is 17.5 Å². The highest BCUT2D eigenvalue weighted by atomic mass is 15.0. The first-order valence-electron chi connectivity index (χ1n) is 16.8. The molecule has 0 saturated heterocycles. The summed E-state index contributed by atoms with van der Waals surface area (Å²) in [6.45, 7) is 4.69. The molecule has 1 aliphatic rings. The first-order valence-corrected chi connectivity index (χ1v) is 16.8. The van der Waals surface area contributed by atoms with E-state index in [2.05, 4.69) is 117 Å². The minimum atomic E-state index is -0.0503. The fourth-order valence-corrected chi connectivity index (χ4v) is 7.27. The smallest absolute Gasteiger partial charge is 0.164 e.